The van der Waals surface area contributed by atoms with E-state index < -0.39 is 0 Å². The van der Waals surface area contributed by atoms with E-state index >= 15 is 0 Å². The summed E-state index contributed by atoms with van der Waals surface area (Å²) < 4.78 is 5.41. The number of rotatable bonds is 0. The molecule has 21 heavy (non-hydrogen) atoms. The van der Waals surface area contributed by atoms with Crippen LogP contribution in [-0.2, 0) is 9.53 Å². The topological polar surface area (TPSA) is 51.0 Å². The zero-order chi connectivity index (χ0) is 14.8. The van der Waals surface area contributed by atoms with Crippen molar-refractivity contribution < 1.29 is 9.53 Å². The van der Waals surface area contributed by atoms with Crippen LogP contribution in [0, 0.1) is 0 Å². The number of fused-ring (bicyclic) bond motifs is 1. The van der Waals surface area contributed by atoms with Gasteiger partial charge < -0.3 is 4.74 Å². The molecule has 0 amide bonds. The maximum Gasteiger partial charge on any atom is 0.207 e. The molecule has 4 heteroatoms. The van der Waals surface area contributed by atoms with E-state index in [0.29, 0.717) is 11.3 Å². The van der Waals surface area contributed by atoms with Gasteiger partial charge in [0.05, 0.1) is 24.2 Å². The fourth-order valence-electron chi connectivity index (χ4n) is 1.51. The minimum atomic E-state index is -0.188. The Labute approximate surface area is 123 Å². The fourth-order valence-corrected chi connectivity index (χ4v) is 1.51. The first kappa shape index (κ1) is 14.4. The smallest absolute Gasteiger partial charge is 0.207 e. The summed E-state index contributed by atoms with van der Waals surface area (Å²) in [7, 11) is 0. The first-order valence-electron chi connectivity index (χ1n) is 6.38. The first-order chi connectivity index (χ1) is 10.4. The van der Waals surface area contributed by atoms with Gasteiger partial charge in [0.2, 0.25) is 5.78 Å². The van der Waals surface area contributed by atoms with Crippen LogP contribution in [-0.4, -0.2) is 18.2 Å². The molecule has 0 spiro atoms. The summed E-state index contributed by atoms with van der Waals surface area (Å²) in [4.78, 5) is 19.7. The van der Waals surface area contributed by atoms with Gasteiger partial charge in [-0.25, -0.2) is 0 Å². The van der Waals surface area contributed by atoms with Crippen molar-refractivity contribution in [2.24, 2.45) is 9.98 Å². The zero-order valence-electron chi connectivity index (χ0n) is 11.3. The summed E-state index contributed by atoms with van der Waals surface area (Å²) >= 11 is 0. The third kappa shape index (κ3) is 4.87. The van der Waals surface area contributed by atoms with Gasteiger partial charge in [0.15, 0.2) is 5.76 Å². The second kappa shape index (κ2) is 8.22. The highest BCUT2D eigenvalue weighted by Crippen LogP contribution is 2.16. The van der Waals surface area contributed by atoms with Crippen molar-refractivity contribution in [3.05, 3.63) is 84.7 Å². The number of hydrogen-bond acceptors (Lipinski definition) is 4. The Morgan fingerprint density at radius 3 is 2.48 bits per heavy atom. The molecule has 0 aromatic heterocycles. The Morgan fingerprint density at radius 1 is 0.857 bits per heavy atom. The van der Waals surface area contributed by atoms with Crippen molar-refractivity contribution >= 4 is 18.2 Å². The highest BCUT2D eigenvalue weighted by molar-refractivity contribution is 6.37. The van der Waals surface area contributed by atoms with Gasteiger partial charge in [-0.05, 0) is 18.2 Å². The van der Waals surface area contributed by atoms with Crippen molar-refractivity contribution in [3.63, 3.8) is 0 Å². The van der Waals surface area contributed by atoms with Gasteiger partial charge in [-0.1, -0.05) is 36.5 Å². The Kier molecular flexibility index (Phi) is 5.64. The molecule has 0 fully saturated rings. The lowest BCUT2D eigenvalue weighted by molar-refractivity contribution is -0.109. The summed E-state index contributed by atoms with van der Waals surface area (Å²) in [6, 6.07) is 0. The second-order valence-corrected chi connectivity index (χ2v) is 3.96. The lowest BCUT2D eigenvalue weighted by atomic mass is 10.1. The zero-order valence-corrected chi connectivity index (χ0v) is 11.3. The van der Waals surface area contributed by atoms with E-state index in [1.165, 1.54) is 18.7 Å². The van der Waals surface area contributed by atoms with E-state index in [1.807, 2.05) is 36.5 Å². The molecule has 0 unspecified atom stereocenters. The van der Waals surface area contributed by atoms with Gasteiger partial charge in [-0.2, -0.15) is 0 Å². The van der Waals surface area contributed by atoms with E-state index in [1.54, 1.807) is 30.6 Å². The molecular weight excluding hydrogens is 264 g/mol. The molecule has 0 aromatic rings. The maximum absolute atomic E-state index is 11.8. The molecule has 0 saturated heterocycles. The van der Waals surface area contributed by atoms with Crippen LogP contribution in [0.4, 0.5) is 0 Å². The number of aliphatic imine (C=N–C) groups is 2. The van der Waals surface area contributed by atoms with Crippen LogP contribution in [0.5, 0.6) is 0 Å². The number of Topliss-reactive ketones (excluding diaryl/α,β-unsaturated/α-hetero) is 1. The number of allylic oxidation sites excluding steroid dienone is 10. The van der Waals surface area contributed by atoms with Gasteiger partial charge in [0.25, 0.3) is 0 Å². The molecule has 2 rings (SSSR count). The summed E-state index contributed by atoms with van der Waals surface area (Å²) in [6.45, 7) is 0. The van der Waals surface area contributed by atoms with Gasteiger partial charge in [-0.15, -0.1) is 0 Å². The van der Waals surface area contributed by atoms with Crippen LogP contribution in [0.25, 0.3) is 0 Å². The van der Waals surface area contributed by atoms with Crippen molar-refractivity contribution in [3.8, 4) is 0 Å². The number of ketones is 1. The van der Waals surface area contributed by atoms with Crippen LogP contribution in [0.3, 0.4) is 0 Å². The van der Waals surface area contributed by atoms with E-state index in [4.69, 9.17) is 4.74 Å². The number of nitrogens with zero attached hydrogens (tertiary/aromatic N) is 2. The SMILES string of the molecule is O=C1C=NC=C2OC=CC=NC=CC=CC=CC=CC=C12. The summed E-state index contributed by atoms with van der Waals surface area (Å²) in [5, 5.41) is 0. The van der Waals surface area contributed by atoms with Crippen molar-refractivity contribution in [1.29, 1.82) is 0 Å². The Balaban J connectivity index is 2.26. The van der Waals surface area contributed by atoms with Crippen LogP contribution in [0.1, 0.15) is 0 Å². The molecule has 0 aromatic carbocycles. The Morgan fingerprint density at radius 2 is 1.62 bits per heavy atom. The second-order valence-electron chi connectivity index (χ2n) is 3.96. The fraction of sp³-hybridized carbons (Fsp3) is 0. The van der Waals surface area contributed by atoms with Crippen LogP contribution < -0.4 is 0 Å². The molecule has 104 valence electrons. The Bertz CT molecular complexity index is 654. The van der Waals surface area contributed by atoms with Gasteiger partial charge in [-0.3, -0.25) is 14.8 Å². The highest BCUT2D eigenvalue weighted by Gasteiger charge is 2.16. The van der Waals surface area contributed by atoms with Gasteiger partial charge >= 0.3 is 0 Å². The van der Waals surface area contributed by atoms with Crippen LogP contribution in [0.15, 0.2) is 94.7 Å². The molecule has 0 radical (unpaired) electrons. The molecule has 2 heterocycles. The monoisotopic (exact) mass is 278 g/mol. The van der Waals surface area contributed by atoms with Crippen molar-refractivity contribution in [2.75, 3.05) is 0 Å². The van der Waals surface area contributed by atoms with Gasteiger partial charge in [0.1, 0.15) is 0 Å². The third-order valence-electron chi connectivity index (χ3n) is 2.46. The lowest BCUT2D eigenvalue weighted by Crippen LogP contribution is -2.10. The largest absolute Gasteiger partial charge is 0.463 e. The molecule has 0 N–H and O–H groups in total. The average Bonchev–Trinajstić information content (AvgIpc) is 2.48. The average molecular weight is 278 g/mol. The molecule has 4 nitrogen and oxygen atoms in total. The van der Waals surface area contributed by atoms with Crippen molar-refractivity contribution in [1.82, 2.24) is 0 Å². The summed E-state index contributed by atoms with van der Waals surface area (Å²) in [6.07, 6.45) is 23.7. The standard InChI is InChI=1S/C17H14N2O2/c20-16-13-19-14-17-15(16)9-6-4-2-1-3-5-7-10-18-11-8-12-21-17/h1-14H. The number of carbonyl (C=O) groups is 1. The lowest BCUT2D eigenvalue weighted by Gasteiger charge is -2.09. The van der Waals surface area contributed by atoms with Crippen molar-refractivity contribution in [2.45, 2.75) is 0 Å². The molecule has 0 atom stereocenters. The summed E-state index contributed by atoms with van der Waals surface area (Å²) in [5.74, 6) is 0.218. The normalized spacial score (nSPS) is 18.2. The molecule has 2 aliphatic heterocycles. The predicted octanol–water partition coefficient (Wildman–Crippen LogP) is 3.20. The first-order valence-corrected chi connectivity index (χ1v) is 6.38. The van der Waals surface area contributed by atoms with Gasteiger partial charge in [0, 0.05) is 12.4 Å². The van der Waals surface area contributed by atoms with E-state index in [-0.39, 0.29) is 5.78 Å². The molecule has 0 saturated carbocycles. The summed E-state index contributed by atoms with van der Waals surface area (Å²) in [5.41, 5.74) is 0.457. The molecular formula is C17H14N2O2. The quantitative estimate of drug-likeness (QED) is 0.683. The third-order valence-corrected chi connectivity index (χ3v) is 2.46. The van der Waals surface area contributed by atoms with Crippen LogP contribution in [0.2, 0.25) is 0 Å². The number of ether oxygens (including phenoxy) is 1. The number of hydrogen-bond donors (Lipinski definition) is 0. The van der Waals surface area contributed by atoms with E-state index in [2.05, 4.69) is 9.98 Å². The maximum atomic E-state index is 11.8. The minimum Gasteiger partial charge on any atom is -0.463 e. The molecule has 0 bridgehead atoms. The van der Waals surface area contributed by atoms with E-state index in [9.17, 15) is 4.79 Å². The number of carbonyl (C=O) groups excluding carboxylic acids is 1. The minimum absolute atomic E-state index is 0.188. The van der Waals surface area contributed by atoms with E-state index in [0.717, 1.165) is 0 Å². The Hall–Kier alpha value is -3.01. The van der Waals surface area contributed by atoms with Crippen LogP contribution >= 0.6 is 0 Å². The predicted molar refractivity (Wildman–Crippen MR) is 84.9 cm³/mol. The molecule has 0 aliphatic carbocycles. The highest BCUT2D eigenvalue weighted by atomic mass is 16.5. The molecule has 2 aliphatic rings.